The van der Waals surface area contributed by atoms with Crippen molar-refractivity contribution in [2.45, 2.75) is 50.9 Å². The predicted octanol–water partition coefficient (Wildman–Crippen LogP) is 8.60. The maximum Gasteiger partial charge on any atom is 0.133 e. The van der Waals surface area contributed by atoms with Crippen LogP contribution < -0.4 is 0 Å². The summed E-state index contributed by atoms with van der Waals surface area (Å²) in [4.78, 5) is 0. The smallest absolute Gasteiger partial charge is 0.133 e. The van der Waals surface area contributed by atoms with Gasteiger partial charge in [0.05, 0.1) is 0 Å². The summed E-state index contributed by atoms with van der Waals surface area (Å²) in [6.45, 7) is 2.35. The van der Waals surface area contributed by atoms with Gasteiger partial charge < -0.3 is 0 Å². The van der Waals surface area contributed by atoms with E-state index in [4.69, 9.17) is 0 Å². The van der Waals surface area contributed by atoms with Gasteiger partial charge in [-0.2, -0.15) is 0 Å². The van der Waals surface area contributed by atoms with Crippen molar-refractivity contribution in [2.24, 2.45) is 5.92 Å². The molecule has 4 rings (SSSR count). The maximum atomic E-state index is 13.8. The third kappa shape index (κ3) is 5.70. The number of hydrogen-bond donors (Lipinski definition) is 0. The number of benzene rings is 3. The molecule has 3 aromatic carbocycles. The number of rotatable bonds is 6. The Kier molecular flexibility index (Phi) is 6.96. The van der Waals surface area contributed by atoms with Gasteiger partial charge in [-0.25, -0.2) is 8.78 Å². The van der Waals surface area contributed by atoms with Crippen LogP contribution in [0.2, 0.25) is 0 Å². The average molecular weight is 417 g/mol. The van der Waals surface area contributed by atoms with Crippen LogP contribution in [0.4, 0.5) is 8.78 Å². The van der Waals surface area contributed by atoms with Gasteiger partial charge in [-0.05, 0) is 78.7 Å². The fraction of sp³-hybridized carbons (Fsp3) is 0.310. The van der Waals surface area contributed by atoms with Crippen molar-refractivity contribution < 1.29 is 8.78 Å². The van der Waals surface area contributed by atoms with Gasteiger partial charge in [-0.15, -0.1) is 0 Å². The van der Waals surface area contributed by atoms with Crippen LogP contribution in [0.15, 0.2) is 72.8 Å². The lowest BCUT2D eigenvalue weighted by atomic mass is 9.75. The summed E-state index contributed by atoms with van der Waals surface area (Å²) < 4.78 is 26.8. The molecule has 1 saturated carbocycles. The van der Waals surface area contributed by atoms with E-state index in [1.165, 1.54) is 55.4 Å². The van der Waals surface area contributed by atoms with Crippen molar-refractivity contribution in [3.8, 4) is 0 Å². The van der Waals surface area contributed by atoms with Gasteiger partial charge in [0, 0.05) is 11.6 Å². The molecule has 0 aromatic heterocycles. The van der Waals surface area contributed by atoms with Crippen LogP contribution in [0.3, 0.4) is 0 Å². The van der Waals surface area contributed by atoms with Gasteiger partial charge in [0.1, 0.15) is 11.6 Å². The minimum absolute atomic E-state index is 0.397. The maximum absolute atomic E-state index is 13.8. The molecule has 0 unspecified atom stereocenters. The summed E-state index contributed by atoms with van der Waals surface area (Å²) in [5, 5.41) is 0. The van der Waals surface area contributed by atoms with Crippen LogP contribution in [0, 0.1) is 17.6 Å². The molecule has 0 aliphatic heterocycles. The zero-order chi connectivity index (χ0) is 21.6. The molecule has 1 fully saturated rings. The first-order valence-electron chi connectivity index (χ1n) is 11.4. The van der Waals surface area contributed by atoms with Gasteiger partial charge in [-0.3, -0.25) is 0 Å². The molecule has 2 heteroatoms. The van der Waals surface area contributed by atoms with Crippen molar-refractivity contribution in [1.82, 2.24) is 0 Å². The molecule has 0 N–H and O–H groups in total. The van der Waals surface area contributed by atoms with Gasteiger partial charge in [0.15, 0.2) is 0 Å². The van der Waals surface area contributed by atoms with E-state index in [1.807, 2.05) is 6.08 Å². The summed E-state index contributed by atoms with van der Waals surface area (Å²) in [6.07, 6.45) is 9.95. The third-order valence-electron chi connectivity index (χ3n) is 6.73. The van der Waals surface area contributed by atoms with E-state index in [0.29, 0.717) is 17.4 Å². The van der Waals surface area contributed by atoms with Gasteiger partial charge in [0.2, 0.25) is 0 Å². The summed E-state index contributed by atoms with van der Waals surface area (Å²) in [6, 6.07) is 23.1. The van der Waals surface area contributed by atoms with E-state index in [2.05, 4.69) is 61.5 Å². The largest absolute Gasteiger partial charge is 0.207 e. The van der Waals surface area contributed by atoms with Gasteiger partial charge in [0.25, 0.3) is 0 Å². The Labute approximate surface area is 184 Å². The molecule has 0 bridgehead atoms. The Hall–Kier alpha value is -2.74. The highest BCUT2D eigenvalue weighted by molar-refractivity contribution is 5.69. The lowest BCUT2D eigenvalue weighted by Crippen LogP contribution is -2.15. The normalized spacial score (nSPS) is 20.1. The van der Waals surface area contributed by atoms with Crippen LogP contribution in [0.1, 0.15) is 73.1 Å². The second-order valence-electron chi connectivity index (χ2n) is 8.93. The highest BCUT2D eigenvalue weighted by atomic mass is 19.1. The fourth-order valence-corrected chi connectivity index (χ4v) is 4.85. The van der Waals surface area contributed by atoms with Crippen LogP contribution in [-0.4, -0.2) is 0 Å². The summed E-state index contributed by atoms with van der Waals surface area (Å²) in [5.41, 5.74) is 4.28. The second-order valence-corrected chi connectivity index (χ2v) is 8.93. The van der Waals surface area contributed by atoms with E-state index in [-0.39, 0.29) is 0 Å². The van der Waals surface area contributed by atoms with E-state index in [9.17, 15) is 8.78 Å². The highest BCUT2D eigenvalue weighted by Gasteiger charge is 2.24. The van der Waals surface area contributed by atoms with Gasteiger partial charge >= 0.3 is 0 Å². The van der Waals surface area contributed by atoms with Crippen LogP contribution in [0.25, 0.3) is 12.2 Å². The molecular weight excluding hydrogens is 386 g/mol. The van der Waals surface area contributed by atoms with E-state index in [0.717, 1.165) is 17.5 Å². The van der Waals surface area contributed by atoms with Gasteiger partial charge in [-0.1, -0.05) is 73.7 Å². The zero-order valence-corrected chi connectivity index (χ0v) is 18.1. The predicted molar refractivity (Wildman–Crippen MR) is 126 cm³/mol. The summed E-state index contributed by atoms with van der Waals surface area (Å²) >= 11 is 0. The van der Waals surface area contributed by atoms with E-state index < -0.39 is 11.6 Å². The third-order valence-corrected chi connectivity index (χ3v) is 6.73. The SMILES string of the molecule is C[C@@H](CC1CCC(c2ccc(C=Cc3ccc(F)cc3F)cc2)CC1)c1ccccc1. The first-order chi connectivity index (χ1) is 15.1. The highest BCUT2D eigenvalue weighted by Crippen LogP contribution is 2.39. The molecule has 3 aromatic rings. The Morgan fingerprint density at radius 2 is 1.55 bits per heavy atom. The number of halogens is 2. The molecule has 0 amide bonds. The molecule has 1 aliphatic rings. The van der Waals surface area contributed by atoms with Crippen molar-refractivity contribution in [2.75, 3.05) is 0 Å². The Bertz CT molecular complexity index is 997. The van der Waals surface area contributed by atoms with Crippen molar-refractivity contribution in [3.05, 3.63) is 107 Å². The molecule has 0 spiro atoms. The second kappa shape index (κ2) is 10.0. The summed E-state index contributed by atoms with van der Waals surface area (Å²) in [5.74, 6) is 0.990. The standard InChI is InChI=1S/C29H30F2/c1-21(24-5-3-2-4-6-24)19-23-10-14-26(15-11-23)25-12-7-22(8-13-25)9-16-27-17-18-28(30)20-29(27)31/h2-9,12-13,16-18,20-21,23,26H,10-11,14-15,19H2,1H3/t21-,23?,26?/m0/s1. The number of hydrogen-bond acceptors (Lipinski definition) is 0. The topological polar surface area (TPSA) is 0 Å². The first kappa shape index (κ1) is 21.5. The minimum atomic E-state index is -0.553. The molecule has 0 heterocycles. The van der Waals surface area contributed by atoms with Crippen LogP contribution in [0.5, 0.6) is 0 Å². The summed E-state index contributed by atoms with van der Waals surface area (Å²) in [7, 11) is 0. The molecule has 0 saturated heterocycles. The molecule has 0 nitrogen and oxygen atoms in total. The average Bonchev–Trinajstić information content (AvgIpc) is 2.80. The van der Waals surface area contributed by atoms with Crippen molar-refractivity contribution in [3.63, 3.8) is 0 Å². The fourth-order valence-electron chi connectivity index (χ4n) is 4.85. The molecular formula is C29H30F2. The van der Waals surface area contributed by atoms with E-state index in [1.54, 1.807) is 6.08 Å². The zero-order valence-electron chi connectivity index (χ0n) is 18.1. The Morgan fingerprint density at radius 1 is 0.839 bits per heavy atom. The first-order valence-corrected chi connectivity index (χ1v) is 11.4. The lowest BCUT2D eigenvalue weighted by Gasteiger charge is -2.30. The quantitative estimate of drug-likeness (QED) is 0.353. The Balaban J connectivity index is 1.30. The molecule has 160 valence electrons. The molecule has 1 atom stereocenters. The minimum Gasteiger partial charge on any atom is -0.207 e. The monoisotopic (exact) mass is 416 g/mol. The molecule has 0 radical (unpaired) electrons. The van der Waals surface area contributed by atoms with E-state index >= 15 is 0 Å². The van der Waals surface area contributed by atoms with Crippen LogP contribution in [-0.2, 0) is 0 Å². The Morgan fingerprint density at radius 3 is 2.23 bits per heavy atom. The van der Waals surface area contributed by atoms with Crippen molar-refractivity contribution in [1.29, 1.82) is 0 Å². The van der Waals surface area contributed by atoms with Crippen molar-refractivity contribution >= 4 is 12.2 Å². The van der Waals surface area contributed by atoms with Crippen LogP contribution >= 0.6 is 0 Å². The lowest BCUT2D eigenvalue weighted by molar-refractivity contribution is 0.297. The molecule has 1 aliphatic carbocycles. The molecule has 31 heavy (non-hydrogen) atoms.